The second-order valence-electron chi connectivity index (χ2n) is 5.40. The van der Waals surface area contributed by atoms with Gasteiger partial charge in [0, 0.05) is 18.8 Å². The summed E-state index contributed by atoms with van der Waals surface area (Å²) < 4.78 is 18.1. The number of hydrogen-bond acceptors (Lipinski definition) is 4. The van der Waals surface area contributed by atoms with Crippen LogP contribution in [0.2, 0.25) is 0 Å². The number of likely N-dealkylation sites (tertiary alicyclic amines) is 1. The average Bonchev–Trinajstić information content (AvgIpc) is 2.96. The van der Waals surface area contributed by atoms with Gasteiger partial charge in [-0.1, -0.05) is 5.16 Å². The van der Waals surface area contributed by atoms with Crippen LogP contribution in [0, 0.1) is 12.7 Å². The molecule has 2 heterocycles. The third-order valence-electron chi connectivity index (χ3n) is 3.70. The Balaban J connectivity index is 1.63. The molecule has 0 spiro atoms. The number of amides is 2. The summed E-state index contributed by atoms with van der Waals surface area (Å²) in [6, 6.07) is 5.50. The van der Waals surface area contributed by atoms with Gasteiger partial charge in [0.1, 0.15) is 5.82 Å². The Labute approximate surface area is 127 Å². The van der Waals surface area contributed by atoms with Gasteiger partial charge in [-0.25, -0.2) is 9.18 Å². The van der Waals surface area contributed by atoms with Crippen LogP contribution in [0.4, 0.5) is 14.9 Å². The number of carbonyl (C=O) groups excluding carboxylic acids is 1. The molecule has 3 rings (SSSR count). The quantitative estimate of drug-likeness (QED) is 0.926. The minimum atomic E-state index is -0.331. The van der Waals surface area contributed by atoms with Crippen LogP contribution in [-0.4, -0.2) is 34.2 Å². The number of aromatic nitrogens is 2. The molecule has 1 aliphatic rings. The molecule has 1 fully saturated rings. The van der Waals surface area contributed by atoms with E-state index in [0.717, 1.165) is 12.8 Å². The fraction of sp³-hybridized carbons (Fsp3) is 0.400. The van der Waals surface area contributed by atoms with Gasteiger partial charge in [0.25, 0.3) is 0 Å². The number of nitrogens with one attached hydrogen (secondary N) is 1. The highest BCUT2D eigenvalue weighted by Gasteiger charge is 2.28. The van der Waals surface area contributed by atoms with Gasteiger partial charge in [-0.15, -0.1) is 0 Å². The highest BCUT2D eigenvalue weighted by molar-refractivity contribution is 5.89. The number of urea groups is 1. The maximum atomic E-state index is 12.9. The molecule has 0 saturated carbocycles. The summed E-state index contributed by atoms with van der Waals surface area (Å²) in [7, 11) is 0. The van der Waals surface area contributed by atoms with E-state index in [1.807, 2.05) is 0 Å². The highest BCUT2D eigenvalue weighted by Crippen LogP contribution is 2.26. The molecule has 2 aromatic rings. The molecule has 6 nitrogen and oxygen atoms in total. The number of halogens is 1. The van der Waals surface area contributed by atoms with Crippen molar-refractivity contribution in [2.24, 2.45) is 0 Å². The number of aryl methyl sites for hydroxylation is 1. The van der Waals surface area contributed by atoms with Gasteiger partial charge in [-0.05, 0) is 44.0 Å². The van der Waals surface area contributed by atoms with Crippen molar-refractivity contribution in [2.75, 3.05) is 18.4 Å². The van der Waals surface area contributed by atoms with Gasteiger partial charge in [-0.3, -0.25) is 0 Å². The fourth-order valence-corrected chi connectivity index (χ4v) is 2.58. The topological polar surface area (TPSA) is 71.3 Å². The molecule has 2 amide bonds. The molecule has 0 bridgehead atoms. The van der Waals surface area contributed by atoms with Gasteiger partial charge in [0.05, 0.1) is 5.92 Å². The largest absolute Gasteiger partial charge is 0.339 e. The van der Waals surface area contributed by atoms with Crippen molar-refractivity contribution in [3.05, 3.63) is 41.8 Å². The smallest absolute Gasteiger partial charge is 0.321 e. The fourth-order valence-electron chi connectivity index (χ4n) is 2.58. The zero-order chi connectivity index (χ0) is 15.5. The molecule has 22 heavy (non-hydrogen) atoms. The lowest BCUT2D eigenvalue weighted by Gasteiger charge is -2.31. The van der Waals surface area contributed by atoms with Crippen LogP contribution < -0.4 is 5.32 Å². The van der Waals surface area contributed by atoms with E-state index in [1.54, 1.807) is 11.8 Å². The maximum Gasteiger partial charge on any atom is 0.321 e. The summed E-state index contributed by atoms with van der Waals surface area (Å²) in [5, 5.41) is 6.57. The van der Waals surface area contributed by atoms with E-state index in [1.165, 1.54) is 24.3 Å². The Morgan fingerprint density at radius 2 is 2.18 bits per heavy atom. The number of nitrogens with zero attached hydrogens (tertiary/aromatic N) is 3. The molecular weight excluding hydrogens is 287 g/mol. The van der Waals surface area contributed by atoms with Crippen molar-refractivity contribution in [2.45, 2.75) is 25.7 Å². The van der Waals surface area contributed by atoms with Crippen LogP contribution in [0.3, 0.4) is 0 Å². The second kappa shape index (κ2) is 6.13. The SMILES string of the molecule is Cc1noc([C@H]2CCCN(C(=O)Nc3ccc(F)cc3)C2)n1. The number of benzene rings is 1. The minimum absolute atomic E-state index is 0.0638. The van der Waals surface area contributed by atoms with Crippen LogP contribution in [-0.2, 0) is 0 Å². The van der Waals surface area contributed by atoms with E-state index in [-0.39, 0.29) is 17.8 Å². The summed E-state index contributed by atoms with van der Waals surface area (Å²) in [4.78, 5) is 18.3. The Bertz CT molecular complexity index is 656. The van der Waals surface area contributed by atoms with Gasteiger partial charge < -0.3 is 14.7 Å². The van der Waals surface area contributed by atoms with Crippen LogP contribution in [0.15, 0.2) is 28.8 Å². The first-order chi connectivity index (χ1) is 10.6. The summed E-state index contributed by atoms with van der Waals surface area (Å²) >= 11 is 0. The predicted octanol–water partition coefficient (Wildman–Crippen LogP) is 2.93. The molecule has 1 atom stereocenters. The van der Waals surface area contributed by atoms with Crippen molar-refractivity contribution < 1.29 is 13.7 Å². The van der Waals surface area contributed by atoms with Crippen molar-refractivity contribution in [3.63, 3.8) is 0 Å². The molecule has 1 aromatic carbocycles. The summed E-state index contributed by atoms with van der Waals surface area (Å²) in [6.45, 7) is 2.99. The first-order valence-corrected chi connectivity index (χ1v) is 7.23. The van der Waals surface area contributed by atoms with Crippen LogP contribution in [0.1, 0.15) is 30.5 Å². The van der Waals surface area contributed by atoms with Gasteiger partial charge in [0.15, 0.2) is 5.82 Å². The number of carbonyl (C=O) groups is 1. The van der Waals surface area contributed by atoms with Crippen LogP contribution >= 0.6 is 0 Å². The lowest BCUT2D eigenvalue weighted by atomic mass is 9.98. The zero-order valence-electron chi connectivity index (χ0n) is 12.3. The van der Waals surface area contributed by atoms with E-state index >= 15 is 0 Å². The number of piperidine rings is 1. The van der Waals surface area contributed by atoms with E-state index in [9.17, 15) is 9.18 Å². The van der Waals surface area contributed by atoms with E-state index in [2.05, 4.69) is 15.5 Å². The molecule has 1 N–H and O–H groups in total. The molecular formula is C15H17FN4O2. The lowest BCUT2D eigenvalue weighted by molar-refractivity contribution is 0.184. The Morgan fingerprint density at radius 3 is 2.86 bits per heavy atom. The van der Waals surface area contributed by atoms with Crippen molar-refractivity contribution in [1.82, 2.24) is 15.0 Å². The Morgan fingerprint density at radius 1 is 1.41 bits per heavy atom. The lowest BCUT2D eigenvalue weighted by Crippen LogP contribution is -2.41. The standard InChI is InChI=1S/C15H17FN4O2/c1-10-17-14(22-19-10)11-3-2-8-20(9-11)15(21)18-13-6-4-12(16)5-7-13/h4-7,11H,2-3,8-9H2,1H3,(H,18,21)/t11-/m0/s1. The van der Waals surface area contributed by atoms with Gasteiger partial charge in [-0.2, -0.15) is 4.98 Å². The normalized spacial score (nSPS) is 18.3. The molecule has 7 heteroatoms. The van der Waals surface area contributed by atoms with Crippen molar-refractivity contribution >= 4 is 11.7 Å². The monoisotopic (exact) mass is 304 g/mol. The third kappa shape index (κ3) is 3.24. The van der Waals surface area contributed by atoms with Gasteiger partial charge >= 0.3 is 6.03 Å². The molecule has 0 aliphatic carbocycles. The molecule has 0 radical (unpaired) electrons. The molecule has 1 aromatic heterocycles. The summed E-state index contributed by atoms with van der Waals surface area (Å²) in [5.41, 5.74) is 0.571. The molecule has 116 valence electrons. The van der Waals surface area contributed by atoms with Crippen LogP contribution in [0.25, 0.3) is 0 Å². The highest BCUT2D eigenvalue weighted by atomic mass is 19.1. The first-order valence-electron chi connectivity index (χ1n) is 7.23. The maximum absolute atomic E-state index is 12.9. The van der Waals surface area contributed by atoms with Crippen molar-refractivity contribution in [1.29, 1.82) is 0 Å². The third-order valence-corrected chi connectivity index (χ3v) is 3.70. The minimum Gasteiger partial charge on any atom is -0.339 e. The molecule has 0 unspecified atom stereocenters. The molecule has 1 saturated heterocycles. The Hall–Kier alpha value is -2.44. The number of anilines is 1. The molecule has 1 aliphatic heterocycles. The Kier molecular flexibility index (Phi) is 4.04. The van der Waals surface area contributed by atoms with Crippen LogP contribution in [0.5, 0.6) is 0 Å². The zero-order valence-corrected chi connectivity index (χ0v) is 12.3. The summed E-state index contributed by atoms with van der Waals surface area (Å²) in [5.74, 6) is 0.913. The average molecular weight is 304 g/mol. The van der Waals surface area contributed by atoms with Gasteiger partial charge in [0.2, 0.25) is 5.89 Å². The second-order valence-corrected chi connectivity index (χ2v) is 5.40. The van der Waals surface area contributed by atoms with Crippen molar-refractivity contribution in [3.8, 4) is 0 Å². The van der Waals surface area contributed by atoms with E-state index < -0.39 is 0 Å². The predicted molar refractivity (Wildman–Crippen MR) is 78.0 cm³/mol. The number of hydrogen-bond donors (Lipinski definition) is 1. The van der Waals surface area contributed by atoms with E-state index in [4.69, 9.17) is 4.52 Å². The van der Waals surface area contributed by atoms with E-state index in [0.29, 0.717) is 30.5 Å². The number of rotatable bonds is 2. The first kappa shape index (κ1) is 14.5. The summed E-state index contributed by atoms with van der Waals surface area (Å²) in [6.07, 6.45) is 1.80.